The zero-order valence-electron chi connectivity index (χ0n) is 11.8. The molecular formula is C15H13F3N2O2S. The van der Waals surface area contributed by atoms with Crippen LogP contribution in [0.3, 0.4) is 0 Å². The summed E-state index contributed by atoms with van der Waals surface area (Å²) >= 11 is 1.46. The Labute approximate surface area is 134 Å². The van der Waals surface area contributed by atoms with Crippen LogP contribution in [0.2, 0.25) is 0 Å². The van der Waals surface area contributed by atoms with Gasteiger partial charge in [-0.15, -0.1) is 11.3 Å². The predicted octanol–water partition coefficient (Wildman–Crippen LogP) is 3.11. The molecule has 0 saturated heterocycles. The molecular weight excluding hydrogens is 329 g/mol. The fraction of sp³-hybridized carbons (Fsp3) is 0.200. The van der Waals surface area contributed by atoms with Crippen LogP contribution in [0.5, 0.6) is 0 Å². The highest BCUT2D eigenvalue weighted by Crippen LogP contribution is 2.16. The van der Waals surface area contributed by atoms with Crippen molar-refractivity contribution in [2.45, 2.75) is 19.1 Å². The van der Waals surface area contributed by atoms with Crippen LogP contribution in [0.15, 0.2) is 41.8 Å². The number of hydrogen-bond donors (Lipinski definition) is 2. The molecule has 122 valence electrons. The number of nitrogens with one attached hydrogen (secondary N) is 2. The minimum absolute atomic E-state index is 0.219. The molecule has 0 fully saturated rings. The van der Waals surface area contributed by atoms with E-state index in [1.807, 2.05) is 17.5 Å². The zero-order chi connectivity index (χ0) is 16.9. The van der Waals surface area contributed by atoms with Gasteiger partial charge in [-0.05, 0) is 29.1 Å². The Kier molecular flexibility index (Phi) is 5.38. The Morgan fingerprint density at radius 2 is 1.91 bits per heavy atom. The molecule has 0 aliphatic carbocycles. The molecule has 0 bridgehead atoms. The van der Waals surface area contributed by atoms with Gasteiger partial charge in [0, 0.05) is 17.1 Å². The first-order valence-electron chi connectivity index (χ1n) is 6.61. The lowest BCUT2D eigenvalue weighted by Crippen LogP contribution is -2.36. The van der Waals surface area contributed by atoms with Crippen LogP contribution in [0.25, 0.3) is 0 Å². The van der Waals surface area contributed by atoms with Crippen LogP contribution < -0.4 is 10.6 Å². The van der Waals surface area contributed by atoms with Gasteiger partial charge in [0.25, 0.3) is 0 Å². The first-order valence-corrected chi connectivity index (χ1v) is 7.49. The normalized spacial score (nSPS) is 11.1. The van der Waals surface area contributed by atoms with E-state index in [0.717, 1.165) is 4.88 Å². The Balaban J connectivity index is 1.91. The fourth-order valence-electron chi connectivity index (χ4n) is 1.82. The number of alkyl halides is 3. The van der Waals surface area contributed by atoms with Crippen LogP contribution in [0, 0.1) is 0 Å². The van der Waals surface area contributed by atoms with E-state index in [4.69, 9.17) is 0 Å². The SMILES string of the molecule is O=C(Cc1cccs1)Nc1cccc(CNC(=O)C(F)(F)F)c1. The zero-order valence-corrected chi connectivity index (χ0v) is 12.6. The summed E-state index contributed by atoms with van der Waals surface area (Å²) in [6.07, 6.45) is -4.68. The number of benzene rings is 1. The number of halogens is 3. The summed E-state index contributed by atoms with van der Waals surface area (Å²) in [5.41, 5.74) is 0.918. The smallest absolute Gasteiger partial charge is 0.344 e. The van der Waals surface area contributed by atoms with E-state index in [1.54, 1.807) is 23.5 Å². The van der Waals surface area contributed by atoms with E-state index in [0.29, 0.717) is 11.3 Å². The highest BCUT2D eigenvalue weighted by Gasteiger charge is 2.38. The molecule has 0 radical (unpaired) electrons. The highest BCUT2D eigenvalue weighted by atomic mass is 32.1. The van der Waals surface area contributed by atoms with E-state index in [9.17, 15) is 22.8 Å². The van der Waals surface area contributed by atoms with Gasteiger partial charge in [-0.1, -0.05) is 18.2 Å². The number of anilines is 1. The first kappa shape index (κ1) is 17.0. The predicted molar refractivity (Wildman–Crippen MR) is 81.0 cm³/mol. The molecule has 23 heavy (non-hydrogen) atoms. The van der Waals surface area contributed by atoms with E-state index in [1.165, 1.54) is 17.4 Å². The second kappa shape index (κ2) is 7.28. The molecule has 2 aromatic rings. The molecule has 0 atom stereocenters. The Morgan fingerprint density at radius 1 is 1.13 bits per heavy atom. The third kappa shape index (κ3) is 5.41. The molecule has 1 heterocycles. The van der Waals surface area contributed by atoms with Crippen molar-refractivity contribution in [2.24, 2.45) is 0 Å². The molecule has 8 heteroatoms. The van der Waals surface area contributed by atoms with E-state index < -0.39 is 12.1 Å². The summed E-state index contributed by atoms with van der Waals surface area (Å²) in [5.74, 6) is -2.21. The lowest BCUT2D eigenvalue weighted by Gasteiger charge is -2.09. The van der Waals surface area contributed by atoms with Gasteiger partial charge in [0.15, 0.2) is 0 Å². The van der Waals surface area contributed by atoms with Gasteiger partial charge in [-0.2, -0.15) is 13.2 Å². The number of amides is 2. The van der Waals surface area contributed by atoms with Crippen molar-refractivity contribution >= 4 is 28.8 Å². The van der Waals surface area contributed by atoms with Crippen molar-refractivity contribution in [1.82, 2.24) is 5.32 Å². The molecule has 0 aliphatic heterocycles. The van der Waals surface area contributed by atoms with Crippen molar-refractivity contribution in [3.63, 3.8) is 0 Å². The number of carbonyl (C=O) groups excluding carboxylic acids is 2. The van der Waals surface area contributed by atoms with E-state index in [-0.39, 0.29) is 18.9 Å². The molecule has 0 spiro atoms. The van der Waals surface area contributed by atoms with Gasteiger partial charge in [0.2, 0.25) is 5.91 Å². The first-order chi connectivity index (χ1) is 10.8. The highest BCUT2D eigenvalue weighted by molar-refractivity contribution is 7.10. The molecule has 1 aromatic heterocycles. The van der Waals surface area contributed by atoms with Crippen LogP contribution >= 0.6 is 11.3 Å². The van der Waals surface area contributed by atoms with Gasteiger partial charge in [-0.25, -0.2) is 0 Å². The van der Waals surface area contributed by atoms with Crippen LogP contribution in [0.4, 0.5) is 18.9 Å². The summed E-state index contributed by atoms with van der Waals surface area (Å²) in [6.45, 7) is -0.271. The average Bonchev–Trinajstić information content (AvgIpc) is 2.96. The molecule has 2 N–H and O–H groups in total. The summed E-state index contributed by atoms with van der Waals surface area (Å²) in [7, 11) is 0. The molecule has 0 unspecified atom stereocenters. The topological polar surface area (TPSA) is 58.2 Å². The Morgan fingerprint density at radius 3 is 2.57 bits per heavy atom. The number of thiophene rings is 1. The van der Waals surface area contributed by atoms with Gasteiger partial charge in [-0.3, -0.25) is 9.59 Å². The second-order valence-corrected chi connectivity index (χ2v) is 5.72. The lowest BCUT2D eigenvalue weighted by molar-refractivity contribution is -0.173. The third-order valence-electron chi connectivity index (χ3n) is 2.84. The molecule has 0 saturated carbocycles. The second-order valence-electron chi connectivity index (χ2n) is 4.69. The standard InChI is InChI=1S/C15H13F3N2O2S/c16-15(17,18)14(22)19-9-10-3-1-4-11(7-10)20-13(21)8-12-5-2-6-23-12/h1-7H,8-9H2,(H,19,22)(H,20,21). The summed E-state index contributed by atoms with van der Waals surface area (Å²) < 4.78 is 36.3. The Hall–Kier alpha value is -2.35. The van der Waals surface area contributed by atoms with E-state index >= 15 is 0 Å². The number of carbonyl (C=O) groups is 2. The minimum Gasteiger partial charge on any atom is -0.344 e. The van der Waals surface area contributed by atoms with Crippen LogP contribution in [-0.4, -0.2) is 18.0 Å². The lowest BCUT2D eigenvalue weighted by atomic mass is 10.2. The van der Waals surface area contributed by atoms with Crippen molar-refractivity contribution in [1.29, 1.82) is 0 Å². The van der Waals surface area contributed by atoms with Crippen molar-refractivity contribution in [3.8, 4) is 0 Å². The molecule has 2 amide bonds. The van der Waals surface area contributed by atoms with E-state index in [2.05, 4.69) is 5.32 Å². The summed E-state index contributed by atoms with van der Waals surface area (Å²) in [5, 5.41) is 6.32. The molecule has 4 nitrogen and oxygen atoms in total. The molecule has 2 rings (SSSR count). The van der Waals surface area contributed by atoms with Crippen molar-refractivity contribution < 1.29 is 22.8 Å². The third-order valence-corrected chi connectivity index (χ3v) is 3.71. The quantitative estimate of drug-likeness (QED) is 0.877. The number of hydrogen-bond acceptors (Lipinski definition) is 3. The monoisotopic (exact) mass is 342 g/mol. The summed E-state index contributed by atoms with van der Waals surface area (Å²) in [6, 6.07) is 9.98. The van der Waals surface area contributed by atoms with Crippen molar-refractivity contribution in [2.75, 3.05) is 5.32 Å². The maximum atomic E-state index is 12.1. The summed E-state index contributed by atoms with van der Waals surface area (Å²) in [4.78, 5) is 23.6. The minimum atomic E-state index is -4.91. The largest absolute Gasteiger partial charge is 0.471 e. The maximum absolute atomic E-state index is 12.1. The van der Waals surface area contributed by atoms with Gasteiger partial charge in [0.05, 0.1) is 6.42 Å². The molecule has 0 aliphatic rings. The maximum Gasteiger partial charge on any atom is 0.471 e. The van der Waals surface area contributed by atoms with Crippen LogP contribution in [-0.2, 0) is 22.6 Å². The fourth-order valence-corrected chi connectivity index (χ4v) is 2.52. The van der Waals surface area contributed by atoms with Crippen molar-refractivity contribution in [3.05, 3.63) is 52.2 Å². The molecule has 1 aromatic carbocycles. The number of rotatable bonds is 5. The van der Waals surface area contributed by atoms with Gasteiger partial charge >= 0.3 is 12.1 Å². The van der Waals surface area contributed by atoms with Gasteiger partial charge in [0.1, 0.15) is 0 Å². The Bertz CT molecular complexity index is 684. The van der Waals surface area contributed by atoms with Crippen LogP contribution in [0.1, 0.15) is 10.4 Å². The van der Waals surface area contributed by atoms with Gasteiger partial charge < -0.3 is 10.6 Å². The average molecular weight is 342 g/mol.